The molecule has 0 saturated carbocycles. The Morgan fingerprint density at radius 2 is 2.12 bits per heavy atom. The number of amides is 1. The van der Waals surface area contributed by atoms with E-state index in [0.29, 0.717) is 28.7 Å². The lowest BCUT2D eigenvalue weighted by Crippen LogP contribution is -2.17. The number of esters is 1. The number of hydrogen-bond donors (Lipinski definition) is 1. The van der Waals surface area contributed by atoms with Crippen molar-refractivity contribution in [2.45, 2.75) is 39.0 Å². The van der Waals surface area contributed by atoms with Crippen molar-refractivity contribution in [2.75, 3.05) is 11.9 Å². The highest BCUT2D eigenvalue weighted by molar-refractivity contribution is 14.1. The fourth-order valence-electron chi connectivity index (χ4n) is 3.22. The van der Waals surface area contributed by atoms with Gasteiger partial charge < -0.3 is 10.1 Å². The quantitative estimate of drug-likeness (QED) is 0.494. The van der Waals surface area contributed by atoms with Gasteiger partial charge in [-0.1, -0.05) is 19.1 Å². The van der Waals surface area contributed by atoms with Crippen LogP contribution in [0.2, 0.25) is 0 Å². The maximum atomic E-state index is 12.7. The normalized spacial score (nSPS) is 16.2. The minimum absolute atomic E-state index is 0.193. The lowest BCUT2D eigenvalue weighted by atomic mass is 9.86. The monoisotopic (exact) mass is 469 g/mol. The molecular weight excluding hydrogens is 449 g/mol. The second kappa shape index (κ2) is 7.86. The predicted octanol–water partition coefficient (Wildman–Crippen LogP) is 5.22. The van der Waals surface area contributed by atoms with Gasteiger partial charge in [0.1, 0.15) is 5.00 Å². The minimum Gasteiger partial charge on any atom is -0.462 e. The summed E-state index contributed by atoms with van der Waals surface area (Å²) in [7, 11) is 0. The number of carbonyl (C=O) groups is 2. The van der Waals surface area contributed by atoms with Gasteiger partial charge in [0.25, 0.3) is 5.91 Å². The highest BCUT2D eigenvalue weighted by atomic mass is 127. The van der Waals surface area contributed by atoms with Crippen LogP contribution in [0.25, 0.3) is 0 Å². The maximum absolute atomic E-state index is 12.7. The average Bonchev–Trinajstić information content (AvgIpc) is 2.94. The molecule has 4 nitrogen and oxygen atoms in total. The molecule has 6 heteroatoms. The number of hydrogen-bond acceptors (Lipinski definition) is 4. The molecule has 0 bridgehead atoms. The van der Waals surface area contributed by atoms with Gasteiger partial charge >= 0.3 is 5.97 Å². The first-order chi connectivity index (χ1) is 12.0. The van der Waals surface area contributed by atoms with Crippen LogP contribution in [0.4, 0.5) is 5.00 Å². The summed E-state index contributed by atoms with van der Waals surface area (Å²) >= 11 is 3.66. The van der Waals surface area contributed by atoms with Gasteiger partial charge in [0.15, 0.2) is 0 Å². The molecule has 1 aromatic carbocycles. The Morgan fingerprint density at radius 3 is 2.84 bits per heavy atom. The van der Waals surface area contributed by atoms with Crippen molar-refractivity contribution in [2.24, 2.45) is 0 Å². The molecule has 0 fully saturated rings. The van der Waals surface area contributed by atoms with Crippen LogP contribution in [0.3, 0.4) is 0 Å². The van der Waals surface area contributed by atoms with Gasteiger partial charge in [0.05, 0.1) is 17.7 Å². The standard InChI is InChI=1S/C19H20INO3S/c1-3-24-19(23)16-15-11(2)7-6-10-14(15)25-18(16)21-17(22)12-8-4-5-9-13(12)20/h4-5,8-9,11H,3,6-7,10H2,1-2H3,(H,21,22). The molecule has 1 aromatic heterocycles. The van der Waals surface area contributed by atoms with Gasteiger partial charge in [-0.3, -0.25) is 4.79 Å². The fraction of sp³-hybridized carbons (Fsp3) is 0.368. The first-order valence-electron chi connectivity index (χ1n) is 8.41. The first-order valence-corrected chi connectivity index (χ1v) is 10.3. The van der Waals surface area contributed by atoms with E-state index in [0.717, 1.165) is 28.4 Å². The van der Waals surface area contributed by atoms with Crippen LogP contribution >= 0.6 is 33.9 Å². The van der Waals surface area contributed by atoms with Crippen LogP contribution in [0.1, 0.15) is 63.8 Å². The topological polar surface area (TPSA) is 55.4 Å². The summed E-state index contributed by atoms with van der Waals surface area (Å²) in [5.41, 5.74) is 2.22. The summed E-state index contributed by atoms with van der Waals surface area (Å²) in [6.07, 6.45) is 3.12. The number of fused-ring (bicyclic) bond motifs is 1. The molecule has 3 rings (SSSR count). The molecule has 1 N–H and O–H groups in total. The fourth-order valence-corrected chi connectivity index (χ4v) is 5.20. The lowest BCUT2D eigenvalue weighted by Gasteiger charge is -2.19. The van der Waals surface area contributed by atoms with E-state index < -0.39 is 0 Å². The molecular formula is C19H20INO3S. The summed E-state index contributed by atoms with van der Waals surface area (Å²) in [6, 6.07) is 7.42. The van der Waals surface area contributed by atoms with Gasteiger partial charge in [-0.25, -0.2) is 4.79 Å². The van der Waals surface area contributed by atoms with E-state index in [4.69, 9.17) is 4.74 Å². The molecule has 0 aliphatic heterocycles. The molecule has 1 heterocycles. The molecule has 132 valence electrons. The molecule has 2 aromatic rings. The minimum atomic E-state index is -0.341. The number of aryl methyl sites for hydroxylation is 1. The van der Waals surface area contributed by atoms with Gasteiger partial charge in [0.2, 0.25) is 0 Å². The largest absolute Gasteiger partial charge is 0.462 e. The van der Waals surface area contributed by atoms with E-state index >= 15 is 0 Å². The molecule has 1 amide bonds. The number of ether oxygens (including phenoxy) is 1. The zero-order valence-corrected chi connectivity index (χ0v) is 17.2. The molecule has 1 unspecified atom stereocenters. The Morgan fingerprint density at radius 1 is 1.36 bits per heavy atom. The van der Waals surface area contributed by atoms with Crippen LogP contribution in [0.15, 0.2) is 24.3 Å². The SMILES string of the molecule is CCOC(=O)c1c(NC(=O)c2ccccc2I)sc2c1C(C)CCC2. The number of benzene rings is 1. The third kappa shape index (κ3) is 3.74. The zero-order valence-electron chi connectivity index (χ0n) is 14.2. The number of nitrogens with one attached hydrogen (secondary N) is 1. The average molecular weight is 469 g/mol. The zero-order chi connectivity index (χ0) is 18.0. The van der Waals surface area contributed by atoms with Crippen molar-refractivity contribution in [1.29, 1.82) is 0 Å². The van der Waals surface area contributed by atoms with Crippen LogP contribution in [0, 0.1) is 3.57 Å². The Hall–Kier alpha value is -1.41. The van der Waals surface area contributed by atoms with E-state index in [1.165, 1.54) is 16.2 Å². The molecule has 1 aliphatic rings. The summed E-state index contributed by atoms with van der Waals surface area (Å²) in [4.78, 5) is 26.5. The maximum Gasteiger partial charge on any atom is 0.341 e. The van der Waals surface area contributed by atoms with Crippen molar-refractivity contribution in [1.82, 2.24) is 0 Å². The van der Waals surface area contributed by atoms with E-state index in [2.05, 4.69) is 34.8 Å². The van der Waals surface area contributed by atoms with E-state index in [-0.39, 0.29) is 11.9 Å². The van der Waals surface area contributed by atoms with Crippen LogP contribution in [-0.2, 0) is 11.2 Å². The van der Waals surface area contributed by atoms with Gasteiger partial charge in [-0.2, -0.15) is 0 Å². The number of halogens is 1. The molecule has 0 spiro atoms. The van der Waals surface area contributed by atoms with Gasteiger partial charge in [-0.15, -0.1) is 11.3 Å². The van der Waals surface area contributed by atoms with Crippen molar-refractivity contribution >= 4 is 50.8 Å². The Bertz CT molecular complexity index is 815. The molecule has 0 saturated heterocycles. The Kier molecular flexibility index (Phi) is 5.78. The van der Waals surface area contributed by atoms with Crippen molar-refractivity contribution in [3.63, 3.8) is 0 Å². The molecule has 1 atom stereocenters. The first kappa shape index (κ1) is 18.4. The molecule has 1 aliphatic carbocycles. The van der Waals surface area contributed by atoms with Crippen molar-refractivity contribution < 1.29 is 14.3 Å². The number of rotatable bonds is 4. The summed E-state index contributed by atoms with van der Waals surface area (Å²) in [5, 5.41) is 3.57. The van der Waals surface area contributed by atoms with Crippen molar-refractivity contribution in [3.8, 4) is 0 Å². The Balaban J connectivity index is 1.99. The molecule has 25 heavy (non-hydrogen) atoms. The number of anilines is 1. The molecule has 0 radical (unpaired) electrons. The highest BCUT2D eigenvalue weighted by Crippen LogP contribution is 2.43. The van der Waals surface area contributed by atoms with Crippen molar-refractivity contribution in [3.05, 3.63) is 49.4 Å². The van der Waals surface area contributed by atoms with Crippen LogP contribution < -0.4 is 5.32 Å². The van der Waals surface area contributed by atoms with Gasteiger partial charge in [-0.05, 0) is 72.4 Å². The van der Waals surface area contributed by atoms with Crippen LogP contribution in [-0.4, -0.2) is 18.5 Å². The number of thiophene rings is 1. The summed E-state index contributed by atoms with van der Waals surface area (Å²) in [6.45, 7) is 4.26. The number of carbonyl (C=O) groups excluding carboxylic acids is 2. The Labute approximate surface area is 165 Å². The highest BCUT2D eigenvalue weighted by Gasteiger charge is 2.31. The second-order valence-electron chi connectivity index (χ2n) is 6.09. The second-order valence-corrected chi connectivity index (χ2v) is 8.36. The van der Waals surface area contributed by atoms with E-state index in [1.54, 1.807) is 13.0 Å². The predicted molar refractivity (Wildman–Crippen MR) is 109 cm³/mol. The summed E-state index contributed by atoms with van der Waals surface area (Å²) < 4.78 is 6.15. The van der Waals surface area contributed by atoms with Gasteiger partial charge in [0, 0.05) is 8.45 Å². The third-order valence-electron chi connectivity index (χ3n) is 4.38. The third-order valence-corrected chi connectivity index (χ3v) is 6.50. The summed E-state index contributed by atoms with van der Waals surface area (Å²) in [5.74, 6) is -0.226. The van der Waals surface area contributed by atoms with E-state index in [1.807, 2.05) is 18.2 Å². The lowest BCUT2D eigenvalue weighted by molar-refractivity contribution is 0.0526. The van der Waals surface area contributed by atoms with Crippen LogP contribution in [0.5, 0.6) is 0 Å². The van der Waals surface area contributed by atoms with E-state index in [9.17, 15) is 9.59 Å². The smallest absolute Gasteiger partial charge is 0.341 e.